The van der Waals surface area contributed by atoms with Gasteiger partial charge in [-0.25, -0.2) is 0 Å². The van der Waals surface area contributed by atoms with Crippen LogP contribution in [0.15, 0.2) is 24.3 Å². The van der Waals surface area contributed by atoms with E-state index in [1.54, 1.807) is 24.3 Å². The van der Waals surface area contributed by atoms with Crippen molar-refractivity contribution in [3.63, 3.8) is 0 Å². The first kappa shape index (κ1) is 13.5. The van der Waals surface area contributed by atoms with E-state index in [1.165, 1.54) is 6.92 Å². The van der Waals surface area contributed by atoms with Crippen LogP contribution < -0.4 is 11.1 Å². The number of carbonyl (C=O) groups excluding carboxylic acids is 2. The van der Waals surface area contributed by atoms with E-state index in [2.05, 4.69) is 5.32 Å². The van der Waals surface area contributed by atoms with Gasteiger partial charge in [0, 0.05) is 17.2 Å². The second-order valence-electron chi connectivity index (χ2n) is 4.30. The number of nitrogens with one attached hydrogen (secondary N) is 1. The lowest BCUT2D eigenvalue weighted by molar-refractivity contribution is 0.0939. The SMILES string of the molecule is CC(=O)c1ccc(C(=O)C(N)NC(C)C)cc1. The molecule has 0 bridgehead atoms. The first-order chi connectivity index (χ1) is 7.91. The molecule has 0 saturated heterocycles. The van der Waals surface area contributed by atoms with Gasteiger partial charge in [-0.2, -0.15) is 0 Å². The van der Waals surface area contributed by atoms with Crippen molar-refractivity contribution in [3.05, 3.63) is 35.4 Å². The van der Waals surface area contributed by atoms with Crippen LogP contribution in [0.5, 0.6) is 0 Å². The molecule has 0 aliphatic rings. The zero-order valence-electron chi connectivity index (χ0n) is 10.4. The molecule has 1 atom stereocenters. The smallest absolute Gasteiger partial charge is 0.194 e. The number of hydrogen-bond acceptors (Lipinski definition) is 4. The molecule has 17 heavy (non-hydrogen) atoms. The lowest BCUT2D eigenvalue weighted by Gasteiger charge is -2.15. The van der Waals surface area contributed by atoms with Gasteiger partial charge in [0.15, 0.2) is 11.6 Å². The lowest BCUT2D eigenvalue weighted by atomic mass is 10.0. The third kappa shape index (κ3) is 3.76. The Morgan fingerprint density at radius 2 is 1.59 bits per heavy atom. The van der Waals surface area contributed by atoms with Crippen molar-refractivity contribution in [3.8, 4) is 0 Å². The summed E-state index contributed by atoms with van der Waals surface area (Å²) in [5, 5.41) is 2.94. The zero-order chi connectivity index (χ0) is 13.0. The van der Waals surface area contributed by atoms with E-state index in [0.717, 1.165) is 0 Å². The van der Waals surface area contributed by atoms with E-state index in [9.17, 15) is 9.59 Å². The molecule has 1 aromatic rings. The summed E-state index contributed by atoms with van der Waals surface area (Å²) in [4.78, 5) is 23.0. The van der Waals surface area contributed by atoms with Crippen LogP contribution in [-0.2, 0) is 0 Å². The lowest BCUT2D eigenvalue weighted by Crippen LogP contribution is -2.47. The van der Waals surface area contributed by atoms with Gasteiger partial charge in [0.05, 0.1) is 0 Å². The Kier molecular flexibility index (Phi) is 4.54. The largest absolute Gasteiger partial charge is 0.309 e. The highest BCUT2D eigenvalue weighted by Crippen LogP contribution is 2.07. The topological polar surface area (TPSA) is 72.2 Å². The van der Waals surface area contributed by atoms with Gasteiger partial charge in [0.1, 0.15) is 6.17 Å². The van der Waals surface area contributed by atoms with Crippen LogP contribution in [0.2, 0.25) is 0 Å². The average molecular weight is 234 g/mol. The molecule has 0 saturated carbocycles. The fraction of sp³-hybridized carbons (Fsp3) is 0.385. The molecule has 4 nitrogen and oxygen atoms in total. The predicted octanol–water partition coefficient (Wildman–Crippen LogP) is 1.35. The standard InChI is InChI=1S/C13H18N2O2/c1-8(2)15-13(14)12(17)11-6-4-10(5-7-11)9(3)16/h4-8,13,15H,14H2,1-3H3. The second kappa shape index (κ2) is 5.70. The van der Waals surface area contributed by atoms with Crippen molar-refractivity contribution in [2.45, 2.75) is 33.0 Å². The van der Waals surface area contributed by atoms with Crippen LogP contribution in [0.4, 0.5) is 0 Å². The number of Topliss-reactive ketones (excluding diaryl/α,β-unsaturated/α-hetero) is 2. The van der Waals surface area contributed by atoms with Crippen LogP contribution in [0.3, 0.4) is 0 Å². The van der Waals surface area contributed by atoms with Crippen molar-refractivity contribution < 1.29 is 9.59 Å². The van der Waals surface area contributed by atoms with Gasteiger partial charge < -0.3 is 5.73 Å². The molecule has 0 radical (unpaired) electrons. The number of carbonyl (C=O) groups is 2. The van der Waals surface area contributed by atoms with Gasteiger partial charge in [-0.1, -0.05) is 24.3 Å². The Morgan fingerprint density at radius 3 is 2.00 bits per heavy atom. The number of ketones is 2. The molecule has 0 spiro atoms. The van der Waals surface area contributed by atoms with E-state index in [0.29, 0.717) is 11.1 Å². The van der Waals surface area contributed by atoms with Gasteiger partial charge in [-0.15, -0.1) is 0 Å². The van der Waals surface area contributed by atoms with Gasteiger partial charge in [0.2, 0.25) is 0 Å². The molecule has 0 aliphatic heterocycles. The Labute approximate surface area is 101 Å². The molecule has 92 valence electrons. The van der Waals surface area contributed by atoms with Crippen molar-refractivity contribution in [2.24, 2.45) is 5.73 Å². The molecule has 1 unspecified atom stereocenters. The minimum Gasteiger partial charge on any atom is -0.309 e. The molecule has 1 rings (SSSR count). The fourth-order valence-electron chi connectivity index (χ4n) is 1.48. The summed E-state index contributed by atoms with van der Waals surface area (Å²) in [7, 11) is 0. The fourth-order valence-corrected chi connectivity index (χ4v) is 1.48. The summed E-state index contributed by atoms with van der Waals surface area (Å²) in [6, 6.07) is 6.67. The summed E-state index contributed by atoms with van der Waals surface area (Å²) in [5.41, 5.74) is 6.82. The van der Waals surface area contributed by atoms with Crippen molar-refractivity contribution in [1.29, 1.82) is 0 Å². The highest BCUT2D eigenvalue weighted by molar-refractivity contribution is 6.01. The van der Waals surface area contributed by atoms with Gasteiger partial charge in [0.25, 0.3) is 0 Å². The maximum absolute atomic E-state index is 11.9. The minimum atomic E-state index is -0.710. The molecular formula is C13H18N2O2. The third-order valence-corrected chi connectivity index (χ3v) is 2.37. The number of rotatable bonds is 5. The van der Waals surface area contributed by atoms with Gasteiger partial charge in [-0.3, -0.25) is 14.9 Å². The van der Waals surface area contributed by atoms with Gasteiger partial charge >= 0.3 is 0 Å². The predicted molar refractivity (Wildman–Crippen MR) is 67.0 cm³/mol. The summed E-state index contributed by atoms with van der Waals surface area (Å²) < 4.78 is 0. The molecule has 3 N–H and O–H groups in total. The number of nitrogens with two attached hydrogens (primary N) is 1. The number of benzene rings is 1. The summed E-state index contributed by atoms with van der Waals surface area (Å²) in [6.45, 7) is 5.33. The first-order valence-corrected chi connectivity index (χ1v) is 5.58. The number of hydrogen-bond donors (Lipinski definition) is 2. The molecule has 0 aliphatic carbocycles. The molecule has 1 aromatic carbocycles. The van der Waals surface area contributed by atoms with E-state index in [4.69, 9.17) is 5.73 Å². The monoisotopic (exact) mass is 234 g/mol. The van der Waals surface area contributed by atoms with Gasteiger partial charge in [-0.05, 0) is 20.8 Å². The van der Waals surface area contributed by atoms with Crippen LogP contribution in [-0.4, -0.2) is 23.8 Å². The first-order valence-electron chi connectivity index (χ1n) is 5.58. The highest BCUT2D eigenvalue weighted by atomic mass is 16.1. The maximum atomic E-state index is 11.9. The van der Waals surface area contributed by atoms with Crippen LogP contribution in [0, 0.1) is 0 Å². The molecule has 0 amide bonds. The van der Waals surface area contributed by atoms with Crippen molar-refractivity contribution in [1.82, 2.24) is 5.32 Å². The Morgan fingerprint density at radius 1 is 1.12 bits per heavy atom. The van der Waals surface area contributed by atoms with Crippen LogP contribution >= 0.6 is 0 Å². The normalized spacial score (nSPS) is 12.5. The summed E-state index contributed by atoms with van der Waals surface area (Å²) in [5.74, 6) is -0.192. The third-order valence-electron chi connectivity index (χ3n) is 2.37. The van der Waals surface area contributed by atoms with Crippen LogP contribution in [0.1, 0.15) is 41.5 Å². The molecule has 0 fully saturated rings. The van der Waals surface area contributed by atoms with E-state index in [-0.39, 0.29) is 17.6 Å². The van der Waals surface area contributed by atoms with Crippen molar-refractivity contribution in [2.75, 3.05) is 0 Å². The van der Waals surface area contributed by atoms with Crippen LogP contribution in [0.25, 0.3) is 0 Å². The molecule has 0 heterocycles. The average Bonchev–Trinajstić information content (AvgIpc) is 2.27. The Balaban J connectivity index is 2.79. The van der Waals surface area contributed by atoms with E-state index < -0.39 is 6.17 Å². The minimum absolute atomic E-state index is 0.0198. The second-order valence-corrected chi connectivity index (χ2v) is 4.30. The van der Waals surface area contributed by atoms with Crippen molar-refractivity contribution >= 4 is 11.6 Å². The Hall–Kier alpha value is -1.52. The molecular weight excluding hydrogens is 216 g/mol. The van der Waals surface area contributed by atoms with E-state index >= 15 is 0 Å². The zero-order valence-corrected chi connectivity index (χ0v) is 10.4. The maximum Gasteiger partial charge on any atom is 0.194 e. The van der Waals surface area contributed by atoms with E-state index in [1.807, 2.05) is 13.8 Å². The summed E-state index contributed by atoms with van der Waals surface area (Å²) >= 11 is 0. The summed E-state index contributed by atoms with van der Waals surface area (Å²) in [6.07, 6.45) is -0.710. The molecule has 0 aromatic heterocycles. The molecule has 4 heteroatoms. The highest BCUT2D eigenvalue weighted by Gasteiger charge is 2.16. The Bertz CT molecular complexity index is 410. The quantitative estimate of drug-likeness (QED) is 0.596.